The van der Waals surface area contributed by atoms with E-state index in [1.165, 1.54) is 0 Å². The summed E-state index contributed by atoms with van der Waals surface area (Å²) in [5, 5.41) is 38.8. The van der Waals surface area contributed by atoms with E-state index >= 15 is 0 Å². The summed E-state index contributed by atoms with van der Waals surface area (Å²) < 4.78 is 0. The molecule has 11 heavy (non-hydrogen) atoms. The second kappa shape index (κ2) is 3.04. The summed E-state index contributed by atoms with van der Waals surface area (Å²) >= 11 is 0. The van der Waals surface area contributed by atoms with Crippen LogP contribution in [0.5, 0.6) is 0 Å². The molecule has 1 saturated heterocycles. The van der Waals surface area contributed by atoms with Gasteiger partial charge in [0.1, 0.15) is 18.4 Å². The predicted octanol–water partition coefficient (Wildman–Crippen LogP) is -2.62. The van der Waals surface area contributed by atoms with Gasteiger partial charge in [0.2, 0.25) is 0 Å². The molecule has 0 saturated carbocycles. The maximum Gasteiger partial charge on any atom is 0.134 e. The fraction of sp³-hybridized carbons (Fsp3) is 1.00. The van der Waals surface area contributed by atoms with E-state index in [2.05, 4.69) is 5.32 Å². The second-order valence-corrected chi connectivity index (χ2v) is 2.87. The summed E-state index contributed by atoms with van der Waals surface area (Å²) in [6, 6.07) is -0.414. The zero-order chi connectivity index (χ0) is 8.59. The number of aliphatic hydroxyl groups excluding tert-OH is 4. The van der Waals surface area contributed by atoms with Gasteiger partial charge in [0.05, 0.1) is 6.10 Å². The average Bonchev–Trinajstić information content (AvgIpc) is 1.97. The first-order chi connectivity index (χ1) is 5.04. The highest BCUT2D eigenvalue weighted by molar-refractivity contribution is 4.91. The summed E-state index contributed by atoms with van der Waals surface area (Å²) in [5.74, 6) is 0. The van der Waals surface area contributed by atoms with Crippen molar-refractivity contribution in [3.63, 3.8) is 0 Å². The summed E-state index contributed by atoms with van der Waals surface area (Å²) in [4.78, 5) is 0. The molecule has 5 atom stereocenters. The van der Waals surface area contributed by atoms with Crippen LogP contribution in [-0.2, 0) is 0 Å². The fourth-order valence-electron chi connectivity index (χ4n) is 1.15. The van der Waals surface area contributed by atoms with Crippen LogP contribution in [0, 0.1) is 0 Å². The smallest absolute Gasteiger partial charge is 0.134 e. The van der Waals surface area contributed by atoms with Crippen LogP contribution < -0.4 is 5.32 Å². The van der Waals surface area contributed by atoms with Crippen LogP contribution in [0.4, 0.5) is 0 Å². The van der Waals surface area contributed by atoms with E-state index in [4.69, 9.17) is 20.4 Å². The first kappa shape index (κ1) is 8.89. The lowest BCUT2D eigenvalue weighted by molar-refractivity contribution is -0.154. The molecule has 1 heterocycles. The topological polar surface area (TPSA) is 93.0 Å². The molecule has 0 unspecified atom stereocenters. The number of aliphatic hydroxyl groups is 4. The Morgan fingerprint density at radius 3 is 2.00 bits per heavy atom. The molecule has 0 aromatic rings. The van der Waals surface area contributed by atoms with E-state index in [1.807, 2.05) is 0 Å². The van der Waals surface area contributed by atoms with E-state index in [1.54, 1.807) is 6.92 Å². The van der Waals surface area contributed by atoms with Crippen LogP contribution in [-0.4, -0.2) is 51.0 Å². The fourth-order valence-corrected chi connectivity index (χ4v) is 1.15. The minimum Gasteiger partial charge on any atom is -0.389 e. The lowest BCUT2D eigenvalue weighted by atomic mass is 9.96. The minimum atomic E-state index is -1.32. The molecule has 1 aliphatic rings. The summed E-state index contributed by atoms with van der Waals surface area (Å²) in [5.41, 5.74) is 0. The van der Waals surface area contributed by atoms with Crippen molar-refractivity contribution in [2.75, 3.05) is 0 Å². The Bertz CT molecular complexity index is 129. The highest BCUT2D eigenvalue weighted by Crippen LogP contribution is 2.13. The van der Waals surface area contributed by atoms with Gasteiger partial charge in [-0.25, -0.2) is 0 Å². The third kappa shape index (κ3) is 1.52. The van der Waals surface area contributed by atoms with Crippen molar-refractivity contribution < 1.29 is 20.4 Å². The van der Waals surface area contributed by atoms with Gasteiger partial charge < -0.3 is 20.4 Å². The molecule has 0 bridgehead atoms. The molecular formula is C6H13NO4. The first-order valence-electron chi connectivity index (χ1n) is 3.52. The zero-order valence-electron chi connectivity index (χ0n) is 6.18. The number of hydrogen-bond donors (Lipinski definition) is 5. The number of piperidine rings is 1. The normalized spacial score (nSPS) is 52.6. The number of rotatable bonds is 0. The molecule has 0 aromatic heterocycles. The Morgan fingerprint density at radius 2 is 1.45 bits per heavy atom. The Hall–Kier alpha value is -0.200. The molecule has 0 spiro atoms. The lowest BCUT2D eigenvalue weighted by Gasteiger charge is -2.37. The molecule has 1 rings (SSSR count). The maximum atomic E-state index is 9.15. The van der Waals surface area contributed by atoms with Crippen LogP contribution in [0.25, 0.3) is 0 Å². The van der Waals surface area contributed by atoms with Gasteiger partial charge in [-0.05, 0) is 6.92 Å². The van der Waals surface area contributed by atoms with Crippen LogP contribution in [0.2, 0.25) is 0 Å². The van der Waals surface area contributed by atoms with Crippen molar-refractivity contribution in [2.45, 2.75) is 37.5 Å². The third-order valence-corrected chi connectivity index (χ3v) is 1.97. The Balaban J connectivity index is 2.63. The molecule has 0 radical (unpaired) electrons. The summed E-state index contributed by atoms with van der Waals surface area (Å²) in [7, 11) is 0. The van der Waals surface area contributed by atoms with E-state index < -0.39 is 30.6 Å². The van der Waals surface area contributed by atoms with Gasteiger partial charge in [-0.15, -0.1) is 0 Å². The van der Waals surface area contributed by atoms with Gasteiger partial charge >= 0.3 is 0 Å². The molecule has 0 amide bonds. The largest absolute Gasteiger partial charge is 0.389 e. The van der Waals surface area contributed by atoms with Crippen molar-refractivity contribution in [3.8, 4) is 0 Å². The summed E-state index contributed by atoms with van der Waals surface area (Å²) in [6.07, 6.45) is -4.79. The van der Waals surface area contributed by atoms with Crippen LogP contribution in [0.15, 0.2) is 0 Å². The SMILES string of the molecule is C[C@H]1N[C@@H](O)[C@H](O)[C@@H](O)[C@@H]1O. The van der Waals surface area contributed by atoms with Crippen LogP contribution in [0.3, 0.4) is 0 Å². The Labute approximate surface area is 64.3 Å². The minimum absolute atomic E-state index is 0.414. The highest BCUT2D eigenvalue weighted by atomic mass is 16.4. The second-order valence-electron chi connectivity index (χ2n) is 2.87. The molecule has 5 N–H and O–H groups in total. The molecule has 1 aliphatic heterocycles. The quantitative estimate of drug-likeness (QED) is 0.269. The first-order valence-corrected chi connectivity index (χ1v) is 3.52. The average molecular weight is 163 g/mol. The van der Waals surface area contributed by atoms with E-state index in [0.29, 0.717) is 0 Å². The summed E-state index contributed by atoms with van der Waals surface area (Å²) in [6.45, 7) is 1.61. The molecule has 5 heteroatoms. The van der Waals surface area contributed by atoms with Crippen molar-refractivity contribution in [3.05, 3.63) is 0 Å². The van der Waals surface area contributed by atoms with E-state index in [0.717, 1.165) is 0 Å². The van der Waals surface area contributed by atoms with Crippen molar-refractivity contribution in [1.29, 1.82) is 0 Å². The van der Waals surface area contributed by atoms with E-state index in [-0.39, 0.29) is 0 Å². The van der Waals surface area contributed by atoms with Gasteiger partial charge in [0, 0.05) is 6.04 Å². The molecule has 1 fully saturated rings. The standard InChI is InChI=1S/C6H13NO4/c1-2-3(8)4(9)5(10)6(11)7-2/h2-11H,1H3/t2-,3-,4+,5-,6+/m1/s1. The van der Waals surface area contributed by atoms with Crippen molar-refractivity contribution in [1.82, 2.24) is 5.32 Å². The Kier molecular flexibility index (Phi) is 2.46. The van der Waals surface area contributed by atoms with Gasteiger partial charge in [-0.3, -0.25) is 5.32 Å². The third-order valence-electron chi connectivity index (χ3n) is 1.97. The number of hydrogen-bond acceptors (Lipinski definition) is 5. The maximum absolute atomic E-state index is 9.15. The van der Waals surface area contributed by atoms with Gasteiger partial charge in [0.25, 0.3) is 0 Å². The molecule has 0 aliphatic carbocycles. The highest BCUT2D eigenvalue weighted by Gasteiger charge is 2.39. The number of nitrogens with one attached hydrogen (secondary N) is 1. The zero-order valence-corrected chi connectivity index (χ0v) is 6.18. The monoisotopic (exact) mass is 163 g/mol. The molecule has 0 aromatic carbocycles. The predicted molar refractivity (Wildman–Crippen MR) is 36.6 cm³/mol. The van der Waals surface area contributed by atoms with E-state index in [9.17, 15) is 0 Å². The van der Waals surface area contributed by atoms with Gasteiger partial charge in [-0.1, -0.05) is 0 Å². The Morgan fingerprint density at radius 1 is 0.909 bits per heavy atom. The molecule has 66 valence electrons. The van der Waals surface area contributed by atoms with Crippen molar-refractivity contribution in [2.24, 2.45) is 0 Å². The van der Waals surface area contributed by atoms with Crippen molar-refractivity contribution >= 4 is 0 Å². The molecule has 5 nitrogen and oxygen atoms in total. The lowest BCUT2D eigenvalue weighted by Crippen LogP contribution is -2.63. The van der Waals surface area contributed by atoms with Crippen LogP contribution >= 0.6 is 0 Å². The molecular weight excluding hydrogens is 150 g/mol. The van der Waals surface area contributed by atoms with Gasteiger partial charge in [0.15, 0.2) is 0 Å². The van der Waals surface area contributed by atoms with Crippen LogP contribution in [0.1, 0.15) is 6.92 Å². The van der Waals surface area contributed by atoms with Gasteiger partial charge in [-0.2, -0.15) is 0 Å².